The van der Waals surface area contributed by atoms with Gasteiger partial charge in [-0.3, -0.25) is 0 Å². The number of methoxy groups -OCH3 is 1. The Bertz CT molecular complexity index is 419. The van der Waals surface area contributed by atoms with Gasteiger partial charge < -0.3 is 20.1 Å². The predicted molar refractivity (Wildman–Crippen MR) is 79.3 cm³/mol. The Hall–Kier alpha value is -1.82. The summed E-state index contributed by atoms with van der Waals surface area (Å²) in [4.78, 5) is 15.8. The second-order valence-electron chi connectivity index (χ2n) is 5.15. The smallest absolute Gasteiger partial charge is 0.315 e. The third-order valence-corrected chi connectivity index (χ3v) is 3.53. The Balaban J connectivity index is 1.65. The number of pyridine rings is 1. The van der Waals surface area contributed by atoms with Crippen molar-refractivity contribution < 1.29 is 14.3 Å². The zero-order chi connectivity index (χ0) is 14.9. The summed E-state index contributed by atoms with van der Waals surface area (Å²) in [7, 11) is 1.61. The minimum Gasteiger partial charge on any atom is -0.474 e. The summed E-state index contributed by atoms with van der Waals surface area (Å²) < 4.78 is 10.7. The molecular formula is C15H23N3O3. The fourth-order valence-electron chi connectivity index (χ4n) is 2.42. The molecule has 1 aromatic rings. The highest BCUT2D eigenvalue weighted by Crippen LogP contribution is 2.22. The molecule has 2 N–H and O–H groups in total. The maximum Gasteiger partial charge on any atom is 0.315 e. The van der Waals surface area contributed by atoms with Crippen LogP contribution in [0.15, 0.2) is 24.4 Å². The van der Waals surface area contributed by atoms with Crippen LogP contribution in [0.25, 0.3) is 0 Å². The number of urea groups is 1. The Morgan fingerprint density at radius 3 is 2.81 bits per heavy atom. The molecule has 1 aromatic heterocycles. The van der Waals surface area contributed by atoms with Gasteiger partial charge in [-0.25, -0.2) is 9.78 Å². The minimum absolute atomic E-state index is 0.124. The first-order chi connectivity index (χ1) is 10.3. The molecule has 0 radical (unpaired) electrons. The van der Waals surface area contributed by atoms with Crippen LogP contribution in [-0.4, -0.2) is 43.4 Å². The van der Waals surface area contributed by atoms with Gasteiger partial charge >= 0.3 is 6.03 Å². The van der Waals surface area contributed by atoms with Crippen LogP contribution in [0.4, 0.5) is 4.79 Å². The van der Waals surface area contributed by atoms with Crippen molar-refractivity contribution in [2.75, 3.05) is 20.3 Å². The molecule has 116 valence electrons. The summed E-state index contributed by atoms with van der Waals surface area (Å²) in [5.41, 5.74) is 0. The topological polar surface area (TPSA) is 72.5 Å². The average molecular weight is 293 g/mol. The first-order valence-electron chi connectivity index (χ1n) is 7.39. The summed E-state index contributed by atoms with van der Waals surface area (Å²) in [6.07, 6.45) is 5.63. The summed E-state index contributed by atoms with van der Waals surface area (Å²) in [5, 5.41) is 5.75. The van der Waals surface area contributed by atoms with E-state index in [4.69, 9.17) is 9.47 Å². The highest BCUT2D eigenvalue weighted by Gasteiger charge is 2.23. The number of nitrogens with one attached hydrogen (secondary N) is 2. The van der Waals surface area contributed by atoms with E-state index in [-0.39, 0.29) is 18.2 Å². The molecule has 1 heterocycles. The van der Waals surface area contributed by atoms with Crippen LogP contribution in [0.3, 0.4) is 0 Å². The molecule has 0 saturated heterocycles. The number of nitrogens with zero attached hydrogens (tertiary/aromatic N) is 1. The number of carbonyl (C=O) groups excluding carboxylic acids is 1. The Morgan fingerprint density at radius 1 is 1.33 bits per heavy atom. The van der Waals surface area contributed by atoms with Crippen molar-refractivity contribution in [1.82, 2.24) is 15.6 Å². The number of rotatable bonds is 6. The number of aromatic nitrogens is 1. The van der Waals surface area contributed by atoms with Gasteiger partial charge in [0.25, 0.3) is 0 Å². The predicted octanol–water partition coefficient (Wildman–Crippen LogP) is 1.72. The van der Waals surface area contributed by atoms with E-state index in [9.17, 15) is 4.79 Å². The largest absolute Gasteiger partial charge is 0.474 e. The second kappa shape index (κ2) is 8.46. The van der Waals surface area contributed by atoms with Gasteiger partial charge in [0.1, 0.15) is 6.10 Å². The van der Waals surface area contributed by atoms with Gasteiger partial charge in [-0.15, -0.1) is 0 Å². The summed E-state index contributed by atoms with van der Waals surface area (Å²) in [5.74, 6) is 0.672. The Labute approximate surface area is 125 Å². The van der Waals surface area contributed by atoms with Gasteiger partial charge in [-0.05, 0) is 31.7 Å². The van der Waals surface area contributed by atoms with Crippen molar-refractivity contribution in [3.8, 4) is 5.88 Å². The molecule has 2 rings (SSSR count). The van der Waals surface area contributed by atoms with Gasteiger partial charge in [0.15, 0.2) is 0 Å². The van der Waals surface area contributed by atoms with Crippen molar-refractivity contribution in [3.63, 3.8) is 0 Å². The molecule has 6 heteroatoms. The maximum atomic E-state index is 11.6. The molecule has 0 bridgehead atoms. The van der Waals surface area contributed by atoms with Crippen molar-refractivity contribution in [1.29, 1.82) is 0 Å². The molecular weight excluding hydrogens is 270 g/mol. The molecule has 1 aliphatic carbocycles. The number of amides is 2. The van der Waals surface area contributed by atoms with E-state index in [1.165, 1.54) is 0 Å². The molecule has 0 aliphatic heterocycles. The number of carbonyl (C=O) groups is 1. The van der Waals surface area contributed by atoms with Crippen LogP contribution in [0, 0.1) is 0 Å². The number of ether oxygens (including phenoxy) is 2. The van der Waals surface area contributed by atoms with E-state index in [1.54, 1.807) is 13.3 Å². The summed E-state index contributed by atoms with van der Waals surface area (Å²) >= 11 is 0. The lowest BCUT2D eigenvalue weighted by Gasteiger charge is -2.29. The first kappa shape index (κ1) is 15.6. The van der Waals surface area contributed by atoms with Crippen LogP contribution >= 0.6 is 0 Å². The molecule has 21 heavy (non-hydrogen) atoms. The van der Waals surface area contributed by atoms with E-state index in [0.29, 0.717) is 19.0 Å². The lowest BCUT2D eigenvalue weighted by Crippen LogP contribution is -2.45. The first-order valence-corrected chi connectivity index (χ1v) is 7.39. The standard InChI is InChI=1S/C15H23N3O3/c1-20-11-10-17-15(19)18-12-5-7-13(8-6-12)21-14-4-2-3-9-16-14/h2-4,9,12-13H,5-8,10-11H2,1H3,(H2,17,18,19). The molecule has 2 amide bonds. The van der Waals surface area contributed by atoms with Crippen molar-refractivity contribution in [3.05, 3.63) is 24.4 Å². The van der Waals surface area contributed by atoms with Crippen LogP contribution in [0.5, 0.6) is 5.88 Å². The van der Waals surface area contributed by atoms with Crippen LogP contribution in [0.2, 0.25) is 0 Å². The van der Waals surface area contributed by atoms with Gasteiger partial charge in [-0.2, -0.15) is 0 Å². The van der Waals surface area contributed by atoms with E-state index >= 15 is 0 Å². The SMILES string of the molecule is COCCNC(=O)NC1CCC(Oc2ccccn2)CC1. The molecule has 1 aliphatic rings. The van der Waals surface area contributed by atoms with Gasteiger partial charge in [0.2, 0.25) is 5.88 Å². The Kier molecular flexibility index (Phi) is 6.27. The zero-order valence-electron chi connectivity index (χ0n) is 12.4. The molecule has 0 spiro atoms. The van der Waals surface area contributed by atoms with E-state index in [1.807, 2.05) is 18.2 Å². The maximum absolute atomic E-state index is 11.6. The van der Waals surface area contributed by atoms with Gasteiger partial charge in [-0.1, -0.05) is 6.07 Å². The minimum atomic E-state index is -0.124. The third-order valence-electron chi connectivity index (χ3n) is 3.53. The fourth-order valence-corrected chi connectivity index (χ4v) is 2.42. The molecule has 6 nitrogen and oxygen atoms in total. The lowest BCUT2D eigenvalue weighted by molar-refractivity contribution is 0.134. The van der Waals surface area contributed by atoms with Crippen molar-refractivity contribution in [2.45, 2.75) is 37.8 Å². The third kappa shape index (κ3) is 5.59. The van der Waals surface area contributed by atoms with Crippen LogP contribution in [0.1, 0.15) is 25.7 Å². The van der Waals surface area contributed by atoms with E-state index in [2.05, 4.69) is 15.6 Å². The second-order valence-corrected chi connectivity index (χ2v) is 5.15. The van der Waals surface area contributed by atoms with Gasteiger partial charge in [0, 0.05) is 32.0 Å². The fraction of sp³-hybridized carbons (Fsp3) is 0.600. The lowest BCUT2D eigenvalue weighted by atomic mass is 9.93. The highest BCUT2D eigenvalue weighted by atomic mass is 16.5. The number of hydrogen-bond acceptors (Lipinski definition) is 4. The normalized spacial score (nSPS) is 21.6. The average Bonchev–Trinajstić information content (AvgIpc) is 2.51. The van der Waals surface area contributed by atoms with Crippen LogP contribution < -0.4 is 15.4 Å². The molecule has 0 aromatic carbocycles. The molecule has 1 saturated carbocycles. The molecule has 0 atom stereocenters. The van der Waals surface area contributed by atoms with E-state index < -0.39 is 0 Å². The number of hydrogen-bond donors (Lipinski definition) is 2. The molecule has 0 unspecified atom stereocenters. The highest BCUT2D eigenvalue weighted by molar-refractivity contribution is 5.74. The summed E-state index contributed by atoms with van der Waals surface area (Å²) in [6.45, 7) is 1.05. The van der Waals surface area contributed by atoms with E-state index in [0.717, 1.165) is 25.7 Å². The molecule has 1 fully saturated rings. The Morgan fingerprint density at radius 2 is 2.14 bits per heavy atom. The monoisotopic (exact) mass is 293 g/mol. The summed E-state index contributed by atoms with van der Waals surface area (Å²) in [6, 6.07) is 5.75. The van der Waals surface area contributed by atoms with Gasteiger partial charge in [0.05, 0.1) is 6.61 Å². The van der Waals surface area contributed by atoms with Crippen molar-refractivity contribution >= 4 is 6.03 Å². The quantitative estimate of drug-likeness (QED) is 0.783. The zero-order valence-corrected chi connectivity index (χ0v) is 12.4. The van der Waals surface area contributed by atoms with Crippen LogP contribution in [-0.2, 0) is 4.74 Å². The van der Waals surface area contributed by atoms with Crippen molar-refractivity contribution in [2.24, 2.45) is 0 Å².